The van der Waals surface area contributed by atoms with Gasteiger partial charge in [0.2, 0.25) is 0 Å². The van der Waals surface area contributed by atoms with Crippen LogP contribution in [0.2, 0.25) is 0 Å². The number of hydrogen-bond acceptors (Lipinski definition) is 2. The monoisotopic (exact) mass is 1250 g/mol. The predicted octanol–water partition coefficient (Wildman–Crippen LogP) is 20.3. The first-order valence-electron chi connectivity index (χ1n) is 30.1. The third kappa shape index (κ3) is 9.78. The second-order valence-corrected chi connectivity index (χ2v) is 28.0. The van der Waals surface area contributed by atoms with E-state index in [0.29, 0.717) is 22.9 Å². The Hall–Kier alpha value is -7.33. The summed E-state index contributed by atoms with van der Waals surface area (Å²) in [7, 11) is 0. The average molecular weight is 1250 g/mol. The molecule has 0 unspecified atom stereocenters. The van der Waals surface area contributed by atoms with Crippen molar-refractivity contribution < 1.29 is 28.2 Å². The molecule has 0 saturated heterocycles. The number of imidazole rings is 1. The van der Waals surface area contributed by atoms with Gasteiger partial charge >= 0.3 is 346 Å². The van der Waals surface area contributed by atoms with Gasteiger partial charge in [-0.25, -0.2) is 0 Å². The molecule has 0 aliphatic heterocycles. The summed E-state index contributed by atoms with van der Waals surface area (Å²) < 4.78 is 41.8. The van der Waals surface area contributed by atoms with Crippen molar-refractivity contribution in [3.8, 4) is 62.1 Å². The van der Waals surface area contributed by atoms with E-state index in [0.717, 1.165) is 83.1 Å². The summed E-state index contributed by atoms with van der Waals surface area (Å²) in [6, 6.07) is 62.8. The fourth-order valence-corrected chi connectivity index (χ4v) is 13.3. The van der Waals surface area contributed by atoms with Crippen LogP contribution in [0.1, 0.15) is 140 Å². The molecular weight excluding hydrogens is 1170 g/mol. The molecule has 0 saturated carbocycles. The standard InChI is InChI=1S/C75H76N4O.Pt/c1-48-38-69(76-46-62(48)50-30-32-52(33-31-50)71(2,3)4)79-67-43-57(34-35-60(67)61-44-63-64(45-68(61)79)75(13,14)37-36-74(63,11)12)80-56-25-20-24-55(42-56)77-47-78(66-29-19-18-28-65(66)77)70-58(49-22-16-15-17-23-49)26-21-27-59(70)51-39-53(72(5,6)7)41-54(40-51)73(8,9)10;/h15-35,38-46H,36-37H2,1-14H3;/i1D3;. The molecule has 0 N–H and O–H groups in total. The number of nitrogens with zero attached hydrogens (tertiary/aromatic N) is 4. The van der Waals surface area contributed by atoms with Gasteiger partial charge in [0.25, 0.3) is 0 Å². The second kappa shape index (κ2) is 19.7. The van der Waals surface area contributed by atoms with Crippen molar-refractivity contribution in [2.24, 2.45) is 0 Å². The predicted molar refractivity (Wildman–Crippen MR) is 337 cm³/mol. The summed E-state index contributed by atoms with van der Waals surface area (Å²) in [5, 5.41) is 2.14. The normalized spacial score (nSPS) is 15.2. The van der Waals surface area contributed by atoms with Gasteiger partial charge in [-0.2, -0.15) is 0 Å². The Kier molecular flexibility index (Phi) is 12.3. The van der Waals surface area contributed by atoms with Gasteiger partial charge < -0.3 is 0 Å². The number of rotatable bonds is 8. The number of aromatic nitrogens is 4. The number of pyridine rings is 1. The summed E-state index contributed by atoms with van der Waals surface area (Å²) in [5.41, 5.74) is 18.6. The number of para-hydroxylation sites is 3. The number of benzene rings is 8. The topological polar surface area (TPSA) is 36.9 Å². The molecule has 1 aliphatic rings. The number of ether oxygens (including phenoxy) is 1. The zero-order chi connectivity index (χ0) is 59.6. The molecule has 12 rings (SSSR count). The van der Waals surface area contributed by atoms with Gasteiger partial charge in [0.1, 0.15) is 0 Å². The summed E-state index contributed by atoms with van der Waals surface area (Å²) in [6.45, 7) is 27.4. The van der Waals surface area contributed by atoms with E-state index in [9.17, 15) is 0 Å². The molecule has 0 amide bonds. The molecule has 3 heterocycles. The van der Waals surface area contributed by atoms with E-state index in [2.05, 4.69) is 275 Å². The summed E-state index contributed by atoms with van der Waals surface area (Å²) in [6.07, 6.45) is 3.90. The zero-order valence-corrected chi connectivity index (χ0v) is 51.5. The van der Waals surface area contributed by atoms with Crippen LogP contribution in [0.4, 0.5) is 0 Å². The first-order valence-corrected chi connectivity index (χ1v) is 29.8. The first kappa shape index (κ1) is 50.6. The Morgan fingerprint density at radius 1 is 0.469 bits per heavy atom. The van der Waals surface area contributed by atoms with Gasteiger partial charge in [-0.05, 0) is 63.8 Å². The molecule has 81 heavy (non-hydrogen) atoms. The fourth-order valence-electron chi connectivity index (χ4n) is 12.2. The van der Waals surface area contributed by atoms with E-state index in [1.807, 2.05) is 18.2 Å². The van der Waals surface area contributed by atoms with Gasteiger partial charge in [-0.15, -0.1) is 0 Å². The molecule has 5 nitrogen and oxygen atoms in total. The SMILES string of the molecule is [2H]C([2H])([2H])c1cc(-n2c3cc(Oc4cccc(-n5[c](=[Pt])n(-c6c(-c7ccccc7)cccc6-c6cc(C(C)(C)C)cc(C(C)(C)C)c6)c6ccccc65)c4)ccc3c3cc4c(cc32)C(C)(C)CCC4(C)C)ncc1-c1ccc(C(C)(C)C)cc1. The average Bonchev–Trinajstić information content (AvgIpc) is 1.73. The Morgan fingerprint density at radius 2 is 1.04 bits per heavy atom. The van der Waals surface area contributed by atoms with Crippen LogP contribution < -0.4 is 4.74 Å². The molecule has 0 fully saturated rings. The van der Waals surface area contributed by atoms with Gasteiger partial charge in [-0.3, -0.25) is 0 Å². The molecule has 3 aromatic heterocycles. The van der Waals surface area contributed by atoms with Gasteiger partial charge in [-0.1, -0.05) is 72.7 Å². The van der Waals surface area contributed by atoms with E-state index in [-0.39, 0.29) is 32.6 Å². The Bertz CT molecular complexity index is 4430. The molecule has 11 aromatic rings. The molecule has 0 radical (unpaired) electrons. The molecular formula is C75H76N4OPt. The molecule has 1 aliphatic carbocycles. The van der Waals surface area contributed by atoms with Crippen molar-refractivity contribution in [3.63, 3.8) is 0 Å². The van der Waals surface area contributed by atoms with Crippen LogP contribution in [-0.2, 0) is 46.4 Å². The minimum atomic E-state index is -2.41. The Labute approximate surface area is 495 Å². The van der Waals surface area contributed by atoms with Gasteiger partial charge in [0.05, 0.1) is 0 Å². The molecule has 412 valence electrons. The van der Waals surface area contributed by atoms with E-state index < -0.39 is 6.85 Å². The maximum absolute atomic E-state index is 8.93. The van der Waals surface area contributed by atoms with Crippen molar-refractivity contribution in [2.45, 2.75) is 137 Å². The third-order valence-electron chi connectivity index (χ3n) is 17.2. The van der Waals surface area contributed by atoms with Crippen LogP contribution in [0.25, 0.3) is 83.4 Å². The fraction of sp³-hybridized carbons (Fsp3) is 0.280. The summed E-state index contributed by atoms with van der Waals surface area (Å²) >= 11 is 2.52. The number of fused-ring (bicyclic) bond motifs is 5. The van der Waals surface area contributed by atoms with Crippen molar-refractivity contribution in [3.05, 3.63) is 219 Å². The van der Waals surface area contributed by atoms with Crippen molar-refractivity contribution in [2.75, 3.05) is 0 Å². The van der Waals surface area contributed by atoms with E-state index in [1.54, 1.807) is 12.3 Å². The van der Waals surface area contributed by atoms with E-state index in [4.69, 9.17) is 13.8 Å². The van der Waals surface area contributed by atoms with Crippen LogP contribution >= 0.6 is 0 Å². The minimum Gasteiger partial charge on any atom is -0.0579 e. The van der Waals surface area contributed by atoms with E-state index >= 15 is 0 Å². The molecule has 8 aromatic carbocycles. The smallest absolute Gasteiger partial charge is 0.0579 e. The van der Waals surface area contributed by atoms with Crippen LogP contribution in [0.5, 0.6) is 11.5 Å². The molecule has 0 bridgehead atoms. The van der Waals surface area contributed by atoms with Crippen LogP contribution in [0.3, 0.4) is 0 Å². The molecule has 0 spiro atoms. The Morgan fingerprint density at radius 3 is 1.68 bits per heavy atom. The van der Waals surface area contributed by atoms with E-state index in [1.165, 1.54) is 33.4 Å². The third-order valence-corrected chi connectivity index (χ3v) is 18.2. The number of aryl methyl sites for hydroxylation is 1. The second-order valence-electron chi connectivity index (χ2n) is 27.0. The van der Waals surface area contributed by atoms with Crippen LogP contribution in [0.15, 0.2) is 182 Å². The van der Waals surface area contributed by atoms with Crippen molar-refractivity contribution in [1.29, 1.82) is 0 Å². The molecule has 6 heteroatoms. The summed E-state index contributed by atoms with van der Waals surface area (Å²) in [4.78, 5) is 5.17. The van der Waals surface area contributed by atoms with Crippen molar-refractivity contribution >= 4 is 32.8 Å². The van der Waals surface area contributed by atoms with Gasteiger partial charge in [0.15, 0.2) is 0 Å². The maximum atomic E-state index is 8.93. The van der Waals surface area contributed by atoms with Gasteiger partial charge in [0, 0.05) is 15.9 Å². The van der Waals surface area contributed by atoms with Crippen LogP contribution in [-0.4, -0.2) is 18.7 Å². The minimum absolute atomic E-state index is 0.0255. The van der Waals surface area contributed by atoms with Crippen molar-refractivity contribution in [1.82, 2.24) is 18.7 Å². The quantitative estimate of drug-likeness (QED) is 0.152. The Balaban J connectivity index is 1.01. The first-order chi connectivity index (χ1) is 39.6. The molecule has 0 atom stereocenters. The summed E-state index contributed by atoms with van der Waals surface area (Å²) in [5.74, 6) is 1.87. The number of hydrogen-bond donors (Lipinski definition) is 0. The zero-order valence-electron chi connectivity index (χ0n) is 52.2. The van der Waals surface area contributed by atoms with Crippen LogP contribution in [0, 0.1) is 10.7 Å².